The van der Waals surface area contributed by atoms with Gasteiger partial charge in [0.15, 0.2) is 6.61 Å². The average molecular weight is 292 g/mol. The number of benzene rings is 1. The molecule has 0 spiro atoms. The maximum absolute atomic E-state index is 11.4. The molecule has 1 amide bonds. The lowest BCUT2D eigenvalue weighted by Gasteiger charge is -2.09. The first-order valence-electron chi connectivity index (χ1n) is 5.51. The van der Waals surface area contributed by atoms with Crippen LogP contribution < -0.4 is 10.1 Å². The van der Waals surface area contributed by atoms with Gasteiger partial charge in [0.1, 0.15) is 5.75 Å². The topological polar surface area (TPSA) is 58.6 Å². The van der Waals surface area contributed by atoms with E-state index in [0.29, 0.717) is 28.8 Å². The molecule has 18 heavy (non-hydrogen) atoms. The minimum Gasteiger partial charge on any atom is -0.482 e. The van der Waals surface area contributed by atoms with E-state index >= 15 is 0 Å². The van der Waals surface area contributed by atoms with E-state index in [9.17, 15) is 4.79 Å². The summed E-state index contributed by atoms with van der Waals surface area (Å²) >= 11 is 11.7. The van der Waals surface area contributed by atoms with Crippen LogP contribution in [0.5, 0.6) is 5.75 Å². The number of nitrogens with one attached hydrogen (secondary N) is 1. The molecule has 1 rings (SSSR count). The van der Waals surface area contributed by atoms with E-state index in [1.807, 2.05) is 0 Å². The maximum atomic E-state index is 11.4. The fraction of sp³-hybridized carbons (Fsp3) is 0.417. The van der Waals surface area contributed by atoms with Crippen molar-refractivity contribution in [1.29, 1.82) is 0 Å². The second-order valence-corrected chi connectivity index (χ2v) is 4.69. The molecule has 4 nitrogen and oxygen atoms in total. The van der Waals surface area contributed by atoms with E-state index < -0.39 is 6.10 Å². The molecule has 0 saturated heterocycles. The van der Waals surface area contributed by atoms with Gasteiger partial charge in [0, 0.05) is 17.6 Å². The quantitative estimate of drug-likeness (QED) is 0.845. The van der Waals surface area contributed by atoms with Crippen molar-refractivity contribution in [1.82, 2.24) is 5.32 Å². The monoisotopic (exact) mass is 291 g/mol. The molecule has 0 bridgehead atoms. The molecule has 0 aromatic heterocycles. The van der Waals surface area contributed by atoms with Gasteiger partial charge >= 0.3 is 0 Å². The van der Waals surface area contributed by atoms with Crippen molar-refractivity contribution in [2.75, 3.05) is 13.2 Å². The van der Waals surface area contributed by atoms with Crippen LogP contribution in [0.2, 0.25) is 10.0 Å². The molecule has 0 saturated carbocycles. The first-order chi connectivity index (χ1) is 8.49. The number of halogens is 2. The number of hydrogen-bond acceptors (Lipinski definition) is 3. The molecule has 6 heteroatoms. The molecular weight excluding hydrogens is 277 g/mol. The molecule has 0 fully saturated rings. The Morgan fingerprint density at radius 2 is 2.22 bits per heavy atom. The number of carbonyl (C=O) groups excluding carboxylic acids is 1. The highest BCUT2D eigenvalue weighted by molar-refractivity contribution is 6.34. The Bertz CT molecular complexity index is 410. The second-order valence-electron chi connectivity index (χ2n) is 3.85. The van der Waals surface area contributed by atoms with Crippen LogP contribution in [0.15, 0.2) is 18.2 Å². The van der Waals surface area contributed by atoms with Gasteiger partial charge in [-0.1, -0.05) is 23.2 Å². The summed E-state index contributed by atoms with van der Waals surface area (Å²) in [5.74, 6) is 0.0986. The Morgan fingerprint density at radius 1 is 1.50 bits per heavy atom. The van der Waals surface area contributed by atoms with Crippen molar-refractivity contribution in [3.05, 3.63) is 28.2 Å². The maximum Gasteiger partial charge on any atom is 0.257 e. The zero-order chi connectivity index (χ0) is 13.5. The third-order valence-corrected chi connectivity index (χ3v) is 2.68. The first kappa shape index (κ1) is 15.1. The minimum atomic E-state index is -0.436. The molecule has 0 radical (unpaired) electrons. The number of aliphatic hydroxyl groups excluding tert-OH is 1. The van der Waals surface area contributed by atoms with Gasteiger partial charge in [0.2, 0.25) is 0 Å². The number of aliphatic hydroxyl groups is 1. The van der Waals surface area contributed by atoms with Crippen molar-refractivity contribution in [2.24, 2.45) is 0 Å². The summed E-state index contributed by atoms with van der Waals surface area (Å²) in [6, 6.07) is 4.79. The van der Waals surface area contributed by atoms with Crippen LogP contribution in [-0.2, 0) is 4.79 Å². The molecular formula is C12H15Cl2NO3. The standard InChI is InChI=1S/C12H15Cl2NO3/c1-8(16)4-5-15-12(17)7-18-11-6-9(13)2-3-10(11)14/h2-3,6,8,16H,4-5,7H2,1H3,(H,15,17). The Balaban J connectivity index is 2.36. The Morgan fingerprint density at radius 3 is 2.89 bits per heavy atom. The van der Waals surface area contributed by atoms with Gasteiger partial charge in [-0.05, 0) is 25.5 Å². The van der Waals surface area contributed by atoms with Crippen molar-refractivity contribution >= 4 is 29.1 Å². The summed E-state index contributed by atoms with van der Waals surface area (Å²) < 4.78 is 5.25. The third kappa shape index (κ3) is 5.58. The molecule has 0 aliphatic carbocycles. The van der Waals surface area contributed by atoms with Gasteiger partial charge in [-0.2, -0.15) is 0 Å². The Kier molecular flexibility index (Phi) is 6.25. The van der Waals surface area contributed by atoms with E-state index in [4.69, 9.17) is 33.0 Å². The van der Waals surface area contributed by atoms with Crippen LogP contribution in [-0.4, -0.2) is 30.3 Å². The molecule has 1 unspecified atom stereocenters. The second kappa shape index (κ2) is 7.46. The summed E-state index contributed by atoms with van der Waals surface area (Å²) in [5.41, 5.74) is 0. The predicted molar refractivity (Wildman–Crippen MR) is 71.3 cm³/mol. The van der Waals surface area contributed by atoms with E-state index in [1.165, 1.54) is 0 Å². The predicted octanol–water partition coefficient (Wildman–Crippen LogP) is 2.26. The van der Waals surface area contributed by atoms with E-state index in [-0.39, 0.29) is 12.5 Å². The number of rotatable bonds is 6. The number of hydrogen-bond donors (Lipinski definition) is 2. The van der Waals surface area contributed by atoms with Gasteiger partial charge in [-0.25, -0.2) is 0 Å². The van der Waals surface area contributed by atoms with Gasteiger partial charge in [-0.3, -0.25) is 4.79 Å². The molecule has 2 N–H and O–H groups in total. The van der Waals surface area contributed by atoms with Crippen LogP contribution >= 0.6 is 23.2 Å². The lowest BCUT2D eigenvalue weighted by Crippen LogP contribution is -2.31. The first-order valence-corrected chi connectivity index (χ1v) is 6.27. The average Bonchev–Trinajstić information content (AvgIpc) is 2.30. The van der Waals surface area contributed by atoms with Gasteiger partial charge in [0.25, 0.3) is 5.91 Å². The molecule has 1 aromatic rings. The lowest BCUT2D eigenvalue weighted by atomic mass is 10.3. The number of carbonyl (C=O) groups is 1. The summed E-state index contributed by atoms with van der Waals surface area (Å²) in [5, 5.41) is 12.5. The van der Waals surface area contributed by atoms with Gasteiger partial charge in [0.05, 0.1) is 11.1 Å². The fourth-order valence-electron chi connectivity index (χ4n) is 1.20. The highest BCUT2D eigenvalue weighted by Gasteiger charge is 2.06. The summed E-state index contributed by atoms with van der Waals surface area (Å²) in [6.45, 7) is 1.93. The van der Waals surface area contributed by atoms with Crippen molar-refractivity contribution < 1.29 is 14.6 Å². The van der Waals surface area contributed by atoms with Crippen LogP contribution in [0.1, 0.15) is 13.3 Å². The minimum absolute atomic E-state index is 0.139. The molecule has 0 heterocycles. The molecule has 1 aromatic carbocycles. The van der Waals surface area contributed by atoms with Gasteiger partial charge in [-0.15, -0.1) is 0 Å². The molecule has 0 aliphatic rings. The van der Waals surface area contributed by atoms with E-state index in [1.54, 1.807) is 25.1 Å². The number of ether oxygens (including phenoxy) is 1. The highest BCUT2D eigenvalue weighted by Crippen LogP contribution is 2.27. The summed E-state index contributed by atoms with van der Waals surface area (Å²) in [6.07, 6.45) is 0.0671. The summed E-state index contributed by atoms with van der Waals surface area (Å²) in [4.78, 5) is 11.4. The summed E-state index contributed by atoms with van der Waals surface area (Å²) in [7, 11) is 0. The zero-order valence-corrected chi connectivity index (χ0v) is 11.5. The Hall–Kier alpha value is -0.970. The van der Waals surface area contributed by atoms with Crippen molar-refractivity contribution in [3.8, 4) is 5.75 Å². The largest absolute Gasteiger partial charge is 0.482 e. The SMILES string of the molecule is CC(O)CCNC(=O)COc1cc(Cl)ccc1Cl. The Labute approximate surface area is 116 Å². The van der Waals surface area contributed by atoms with Crippen LogP contribution in [0, 0.1) is 0 Å². The fourth-order valence-corrected chi connectivity index (χ4v) is 1.54. The highest BCUT2D eigenvalue weighted by atomic mass is 35.5. The van der Waals surface area contributed by atoms with Crippen LogP contribution in [0.25, 0.3) is 0 Å². The number of amides is 1. The van der Waals surface area contributed by atoms with Crippen molar-refractivity contribution in [3.63, 3.8) is 0 Å². The van der Waals surface area contributed by atoms with E-state index in [0.717, 1.165) is 0 Å². The molecule has 1 atom stereocenters. The molecule has 100 valence electrons. The van der Waals surface area contributed by atoms with Gasteiger partial charge < -0.3 is 15.2 Å². The van der Waals surface area contributed by atoms with Crippen LogP contribution in [0.4, 0.5) is 0 Å². The normalized spacial score (nSPS) is 12.0. The smallest absolute Gasteiger partial charge is 0.257 e. The third-order valence-electron chi connectivity index (χ3n) is 2.14. The van der Waals surface area contributed by atoms with Crippen molar-refractivity contribution in [2.45, 2.75) is 19.4 Å². The zero-order valence-electron chi connectivity index (χ0n) is 9.95. The lowest BCUT2D eigenvalue weighted by molar-refractivity contribution is -0.123. The van der Waals surface area contributed by atoms with E-state index in [2.05, 4.69) is 5.32 Å². The van der Waals surface area contributed by atoms with Crippen LogP contribution in [0.3, 0.4) is 0 Å². The molecule has 0 aliphatic heterocycles.